The van der Waals surface area contributed by atoms with Crippen LogP contribution in [0, 0.1) is 0 Å². The molecular formula is C14H11F3N4OS. The molecule has 0 atom stereocenters. The Morgan fingerprint density at radius 3 is 2.65 bits per heavy atom. The van der Waals surface area contributed by atoms with Crippen LogP contribution in [-0.2, 0) is 12.6 Å². The van der Waals surface area contributed by atoms with E-state index < -0.39 is 11.7 Å². The third-order valence-corrected chi connectivity index (χ3v) is 4.06. The maximum atomic E-state index is 13.1. The number of hydrogen-bond donors (Lipinski definition) is 1. The van der Waals surface area contributed by atoms with Gasteiger partial charge in [0.05, 0.1) is 11.3 Å². The number of hydrogen-bond acceptors (Lipinski definition) is 6. The fourth-order valence-electron chi connectivity index (χ4n) is 2.13. The summed E-state index contributed by atoms with van der Waals surface area (Å²) in [6, 6.07) is 5.09. The molecule has 0 amide bonds. The molecule has 0 aliphatic rings. The quantitative estimate of drug-likeness (QED) is 0.779. The third-order valence-electron chi connectivity index (χ3n) is 3.14. The van der Waals surface area contributed by atoms with Crippen molar-refractivity contribution < 1.29 is 17.7 Å². The second kappa shape index (κ2) is 5.65. The molecule has 120 valence electrons. The smallest absolute Gasteiger partial charge is 0.375 e. The maximum absolute atomic E-state index is 13.1. The Hall–Kier alpha value is -2.42. The summed E-state index contributed by atoms with van der Waals surface area (Å²) >= 11 is 1.16. The lowest BCUT2D eigenvalue weighted by Crippen LogP contribution is -2.07. The Kier molecular flexibility index (Phi) is 3.80. The van der Waals surface area contributed by atoms with Crippen molar-refractivity contribution in [2.24, 2.45) is 0 Å². The van der Waals surface area contributed by atoms with Crippen molar-refractivity contribution >= 4 is 16.5 Å². The van der Waals surface area contributed by atoms with E-state index in [9.17, 15) is 13.2 Å². The number of nitrogens with two attached hydrogens (primary N) is 1. The van der Waals surface area contributed by atoms with Crippen LogP contribution in [0.25, 0.3) is 22.2 Å². The molecule has 0 aliphatic carbocycles. The highest BCUT2D eigenvalue weighted by molar-refractivity contribution is 7.18. The van der Waals surface area contributed by atoms with Crippen LogP contribution >= 0.6 is 11.3 Å². The zero-order chi connectivity index (χ0) is 16.6. The predicted octanol–water partition coefficient (Wildman–Crippen LogP) is 4.02. The average Bonchev–Trinajstić information content (AvgIpc) is 3.12. The molecule has 0 radical (unpaired) electrons. The van der Waals surface area contributed by atoms with E-state index >= 15 is 0 Å². The summed E-state index contributed by atoms with van der Waals surface area (Å²) in [7, 11) is 0. The minimum atomic E-state index is -4.50. The lowest BCUT2D eigenvalue weighted by atomic mass is 10.1. The molecule has 1 aromatic carbocycles. The average molecular weight is 340 g/mol. The van der Waals surface area contributed by atoms with Crippen LogP contribution in [-0.4, -0.2) is 15.1 Å². The highest BCUT2D eigenvalue weighted by atomic mass is 32.1. The monoisotopic (exact) mass is 340 g/mol. The molecule has 9 heteroatoms. The number of aryl methyl sites for hydroxylation is 1. The Morgan fingerprint density at radius 1 is 1.22 bits per heavy atom. The third kappa shape index (κ3) is 2.91. The SMILES string of the molecule is CCc1nc(N)sc1-c1nc(-c2ccccc2C(F)(F)F)no1. The molecular weight excluding hydrogens is 329 g/mol. The summed E-state index contributed by atoms with van der Waals surface area (Å²) in [6.07, 6.45) is -3.90. The zero-order valence-corrected chi connectivity index (χ0v) is 12.7. The molecule has 0 unspecified atom stereocenters. The molecule has 0 saturated heterocycles. The van der Waals surface area contributed by atoms with E-state index in [1.807, 2.05) is 6.92 Å². The summed E-state index contributed by atoms with van der Waals surface area (Å²) in [6.45, 7) is 1.88. The molecule has 3 rings (SSSR count). The molecule has 2 N–H and O–H groups in total. The number of thiazole rings is 1. The van der Waals surface area contributed by atoms with Gasteiger partial charge in [-0.25, -0.2) is 4.98 Å². The number of rotatable bonds is 3. The molecule has 23 heavy (non-hydrogen) atoms. The van der Waals surface area contributed by atoms with Gasteiger partial charge in [-0.15, -0.1) is 0 Å². The molecule has 5 nitrogen and oxygen atoms in total. The summed E-state index contributed by atoms with van der Waals surface area (Å²) in [5.74, 6) is -0.00928. The summed E-state index contributed by atoms with van der Waals surface area (Å²) < 4.78 is 44.3. The maximum Gasteiger partial charge on any atom is 0.417 e. The van der Waals surface area contributed by atoms with Gasteiger partial charge in [-0.3, -0.25) is 0 Å². The Labute approximate surface area is 133 Å². The predicted molar refractivity (Wildman–Crippen MR) is 79.6 cm³/mol. The zero-order valence-electron chi connectivity index (χ0n) is 11.9. The van der Waals surface area contributed by atoms with Gasteiger partial charge in [-0.2, -0.15) is 18.2 Å². The Morgan fingerprint density at radius 2 is 1.96 bits per heavy atom. The molecule has 0 spiro atoms. The second-order valence-corrected chi connectivity index (χ2v) is 5.68. The van der Waals surface area contributed by atoms with Gasteiger partial charge in [0.25, 0.3) is 5.89 Å². The molecule has 0 bridgehead atoms. The molecule has 3 aromatic rings. The lowest BCUT2D eigenvalue weighted by Gasteiger charge is -2.09. The molecule has 0 fully saturated rings. The van der Waals surface area contributed by atoms with Crippen LogP contribution in [0.2, 0.25) is 0 Å². The molecule has 2 heterocycles. The van der Waals surface area contributed by atoms with Crippen molar-refractivity contribution in [2.45, 2.75) is 19.5 Å². The van der Waals surface area contributed by atoms with Gasteiger partial charge in [0, 0.05) is 5.56 Å². The number of nitrogen functional groups attached to an aromatic ring is 1. The first-order chi connectivity index (χ1) is 10.9. The first-order valence-electron chi connectivity index (χ1n) is 6.66. The van der Waals surface area contributed by atoms with E-state index in [-0.39, 0.29) is 17.3 Å². The fraction of sp³-hybridized carbons (Fsp3) is 0.214. The lowest BCUT2D eigenvalue weighted by molar-refractivity contribution is -0.137. The van der Waals surface area contributed by atoms with Gasteiger partial charge < -0.3 is 10.3 Å². The van der Waals surface area contributed by atoms with Crippen molar-refractivity contribution in [3.8, 4) is 22.2 Å². The normalized spacial score (nSPS) is 11.8. The van der Waals surface area contributed by atoms with E-state index in [2.05, 4.69) is 15.1 Å². The van der Waals surface area contributed by atoms with E-state index in [1.165, 1.54) is 18.2 Å². The van der Waals surface area contributed by atoms with Gasteiger partial charge in [-0.05, 0) is 12.5 Å². The van der Waals surface area contributed by atoms with Gasteiger partial charge in [0.1, 0.15) is 4.88 Å². The van der Waals surface area contributed by atoms with Crippen molar-refractivity contribution in [3.63, 3.8) is 0 Å². The first-order valence-corrected chi connectivity index (χ1v) is 7.47. The summed E-state index contributed by atoms with van der Waals surface area (Å²) in [4.78, 5) is 8.79. The highest BCUT2D eigenvalue weighted by Gasteiger charge is 2.34. The van der Waals surface area contributed by atoms with Crippen molar-refractivity contribution in [2.75, 3.05) is 5.73 Å². The van der Waals surface area contributed by atoms with Crippen LogP contribution in [0.5, 0.6) is 0 Å². The van der Waals surface area contributed by atoms with E-state index in [0.717, 1.165) is 17.4 Å². The highest BCUT2D eigenvalue weighted by Crippen LogP contribution is 2.37. The first kappa shape index (κ1) is 15.5. The van der Waals surface area contributed by atoms with Crippen LogP contribution in [0.3, 0.4) is 0 Å². The van der Waals surface area contributed by atoms with Gasteiger partial charge in [0.2, 0.25) is 5.82 Å². The number of benzene rings is 1. The summed E-state index contributed by atoms with van der Waals surface area (Å²) in [5, 5.41) is 4.01. The molecule has 0 saturated carbocycles. The second-order valence-electron chi connectivity index (χ2n) is 4.65. The van der Waals surface area contributed by atoms with Gasteiger partial charge >= 0.3 is 6.18 Å². The van der Waals surface area contributed by atoms with Gasteiger partial charge in [-0.1, -0.05) is 41.6 Å². The standard InChI is InChI=1S/C14H11F3N4OS/c1-2-9-10(23-13(18)19-9)12-20-11(21-22-12)7-5-3-4-6-8(7)14(15,16)17/h3-6H,2H2,1H3,(H2,18,19). The topological polar surface area (TPSA) is 77.8 Å². The van der Waals surface area contributed by atoms with Crippen molar-refractivity contribution in [3.05, 3.63) is 35.5 Å². The number of nitrogens with zero attached hydrogens (tertiary/aromatic N) is 3. The van der Waals surface area contributed by atoms with Crippen LogP contribution in [0.1, 0.15) is 18.2 Å². The fourth-order valence-corrected chi connectivity index (χ4v) is 2.97. The largest absolute Gasteiger partial charge is 0.417 e. The number of halogens is 3. The number of alkyl halides is 3. The van der Waals surface area contributed by atoms with E-state index in [1.54, 1.807) is 0 Å². The van der Waals surface area contributed by atoms with Crippen molar-refractivity contribution in [1.29, 1.82) is 0 Å². The van der Waals surface area contributed by atoms with E-state index in [0.29, 0.717) is 22.1 Å². The summed E-state index contributed by atoms with van der Waals surface area (Å²) in [5.41, 5.74) is 5.39. The van der Waals surface area contributed by atoms with Gasteiger partial charge in [0.15, 0.2) is 5.13 Å². The molecule has 0 aliphatic heterocycles. The minimum absolute atomic E-state index is 0.114. The number of anilines is 1. The number of aromatic nitrogens is 3. The molecule has 2 aromatic heterocycles. The Bertz CT molecular complexity index is 841. The minimum Gasteiger partial charge on any atom is -0.375 e. The van der Waals surface area contributed by atoms with Crippen LogP contribution in [0.4, 0.5) is 18.3 Å². The van der Waals surface area contributed by atoms with Crippen LogP contribution in [0.15, 0.2) is 28.8 Å². The van der Waals surface area contributed by atoms with E-state index in [4.69, 9.17) is 10.3 Å². The Balaban J connectivity index is 2.07. The van der Waals surface area contributed by atoms with Crippen molar-refractivity contribution in [1.82, 2.24) is 15.1 Å². The van der Waals surface area contributed by atoms with Crippen LogP contribution < -0.4 is 5.73 Å².